The summed E-state index contributed by atoms with van der Waals surface area (Å²) in [5.41, 5.74) is 3.12. The zero-order valence-electron chi connectivity index (χ0n) is 21.0. The number of amides is 1. The number of phenolic OH excluding ortho intramolecular Hbond substituents is 1. The summed E-state index contributed by atoms with van der Waals surface area (Å²) in [7, 11) is -3.58. The quantitative estimate of drug-likeness (QED) is 0.205. The second kappa shape index (κ2) is 13.3. The number of benzene rings is 3. The molecule has 0 radical (unpaired) electrons. The van der Waals surface area contributed by atoms with Crippen molar-refractivity contribution in [3.05, 3.63) is 93.0 Å². The van der Waals surface area contributed by atoms with Gasteiger partial charge in [0.2, 0.25) is 15.9 Å². The number of aliphatic hydroxyl groups excluding tert-OH is 1. The van der Waals surface area contributed by atoms with Crippen LogP contribution in [0.15, 0.2) is 60.7 Å². The van der Waals surface area contributed by atoms with Crippen molar-refractivity contribution < 1.29 is 23.4 Å². The summed E-state index contributed by atoms with van der Waals surface area (Å²) >= 11 is 12.2. The van der Waals surface area contributed by atoms with E-state index in [4.69, 9.17) is 23.2 Å². The molecule has 0 unspecified atom stereocenters. The minimum absolute atomic E-state index is 0.00410. The molecule has 0 aliphatic carbocycles. The molecule has 0 spiro atoms. The van der Waals surface area contributed by atoms with Crippen molar-refractivity contribution in [3.63, 3.8) is 0 Å². The molecule has 3 rings (SSSR count). The molecular weight excluding hydrogens is 549 g/mol. The first-order chi connectivity index (χ1) is 17.9. The molecule has 8 nitrogen and oxygen atoms in total. The van der Waals surface area contributed by atoms with Gasteiger partial charge in [-0.25, -0.2) is 8.42 Å². The highest BCUT2D eigenvalue weighted by Gasteiger charge is 2.15. The maximum atomic E-state index is 12.5. The molecule has 0 saturated carbocycles. The molecule has 0 heterocycles. The highest BCUT2D eigenvalue weighted by Crippen LogP contribution is 2.28. The van der Waals surface area contributed by atoms with E-state index in [9.17, 15) is 23.4 Å². The molecule has 0 bridgehead atoms. The van der Waals surface area contributed by atoms with Gasteiger partial charge in [0, 0.05) is 29.2 Å². The first kappa shape index (κ1) is 29.7. The Hall–Kier alpha value is -2.82. The summed E-state index contributed by atoms with van der Waals surface area (Å²) < 4.78 is 25.2. The molecule has 0 aliphatic rings. The number of aliphatic hydroxyl groups is 1. The Morgan fingerprint density at radius 1 is 1.03 bits per heavy atom. The lowest BCUT2D eigenvalue weighted by Gasteiger charge is -2.19. The third-order valence-electron chi connectivity index (χ3n) is 5.74. The summed E-state index contributed by atoms with van der Waals surface area (Å²) in [5, 5.41) is 27.7. The average Bonchev–Trinajstić information content (AvgIpc) is 2.84. The van der Waals surface area contributed by atoms with Crippen LogP contribution in [-0.2, 0) is 34.2 Å². The molecule has 11 heteroatoms. The Kier molecular flexibility index (Phi) is 10.4. The molecular formula is C27H31Cl2N3O5S. The predicted molar refractivity (Wildman–Crippen MR) is 151 cm³/mol. The number of hydrogen-bond donors (Lipinski definition) is 5. The van der Waals surface area contributed by atoms with Gasteiger partial charge in [-0.1, -0.05) is 53.5 Å². The smallest absolute Gasteiger partial charge is 0.229 e. The monoisotopic (exact) mass is 579 g/mol. The second-order valence-electron chi connectivity index (χ2n) is 9.19. The van der Waals surface area contributed by atoms with E-state index in [2.05, 4.69) is 15.4 Å². The molecule has 0 fully saturated rings. The number of carbonyl (C=O) groups excluding carboxylic acids is 1. The van der Waals surface area contributed by atoms with Gasteiger partial charge in [0.15, 0.2) is 0 Å². The van der Waals surface area contributed by atoms with E-state index in [0.29, 0.717) is 22.0 Å². The SMILES string of the molecule is C[C@H](Cc1cccc(CC(=O)NCc2cc(Cl)ccc2Cl)c1)NC[C@H](O)c1ccc(O)c(NS(C)(=O)=O)c1. The molecule has 3 aromatic carbocycles. The molecule has 38 heavy (non-hydrogen) atoms. The van der Waals surface area contributed by atoms with Gasteiger partial charge in [0.25, 0.3) is 0 Å². The molecule has 0 saturated heterocycles. The third kappa shape index (κ3) is 9.49. The zero-order chi connectivity index (χ0) is 27.9. The lowest BCUT2D eigenvalue weighted by Crippen LogP contribution is -2.32. The first-order valence-corrected chi connectivity index (χ1v) is 14.5. The largest absolute Gasteiger partial charge is 0.506 e. The van der Waals surface area contributed by atoms with Gasteiger partial charge in [-0.2, -0.15) is 0 Å². The number of rotatable bonds is 12. The minimum atomic E-state index is -3.58. The summed E-state index contributed by atoms with van der Waals surface area (Å²) in [6, 6.07) is 17.1. The number of phenols is 1. The Labute approximate surface area is 233 Å². The second-order valence-corrected chi connectivity index (χ2v) is 11.8. The van der Waals surface area contributed by atoms with E-state index in [1.807, 2.05) is 31.2 Å². The van der Waals surface area contributed by atoms with Crippen LogP contribution >= 0.6 is 23.2 Å². The number of hydrogen-bond acceptors (Lipinski definition) is 6. The summed E-state index contributed by atoms with van der Waals surface area (Å²) in [5.74, 6) is -0.361. The van der Waals surface area contributed by atoms with Gasteiger partial charge >= 0.3 is 0 Å². The van der Waals surface area contributed by atoms with Gasteiger partial charge in [0.1, 0.15) is 5.75 Å². The fourth-order valence-corrected chi connectivity index (χ4v) is 4.83. The van der Waals surface area contributed by atoms with Crippen LogP contribution in [0.3, 0.4) is 0 Å². The number of halogens is 2. The summed E-state index contributed by atoms with van der Waals surface area (Å²) in [6.07, 6.45) is 0.951. The normalized spacial score (nSPS) is 13.1. The van der Waals surface area contributed by atoms with Gasteiger partial charge < -0.3 is 20.8 Å². The lowest BCUT2D eigenvalue weighted by molar-refractivity contribution is -0.120. The Morgan fingerprint density at radius 3 is 2.50 bits per heavy atom. The van der Waals surface area contributed by atoms with E-state index in [1.165, 1.54) is 18.2 Å². The number of aromatic hydroxyl groups is 1. The maximum absolute atomic E-state index is 12.5. The molecule has 0 aromatic heterocycles. The number of anilines is 1. The van der Waals surface area contributed by atoms with Crippen LogP contribution in [-0.4, -0.2) is 43.4 Å². The van der Waals surface area contributed by atoms with Crippen LogP contribution in [0, 0.1) is 0 Å². The number of nitrogens with one attached hydrogen (secondary N) is 3. The Bertz CT molecular complexity index is 1380. The van der Waals surface area contributed by atoms with E-state index in [1.54, 1.807) is 18.2 Å². The molecule has 2 atom stereocenters. The first-order valence-electron chi connectivity index (χ1n) is 11.9. The topological polar surface area (TPSA) is 128 Å². The van der Waals surface area contributed by atoms with Gasteiger partial charge in [-0.15, -0.1) is 0 Å². The fraction of sp³-hybridized carbons (Fsp3) is 0.296. The zero-order valence-corrected chi connectivity index (χ0v) is 23.4. The summed E-state index contributed by atoms with van der Waals surface area (Å²) in [6.45, 7) is 2.49. The lowest BCUT2D eigenvalue weighted by atomic mass is 10.0. The molecule has 5 N–H and O–H groups in total. The van der Waals surface area contributed by atoms with E-state index in [-0.39, 0.29) is 42.9 Å². The number of sulfonamides is 1. The van der Waals surface area contributed by atoms with Crippen LogP contribution in [0.2, 0.25) is 10.0 Å². The van der Waals surface area contributed by atoms with Gasteiger partial charge in [-0.05, 0) is 65.9 Å². The van der Waals surface area contributed by atoms with E-state index < -0.39 is 16.1 Å². The van der Waals surface area contributed by atoms with Crippen LogP contribution in [0.4, 0.5) is 5.69 Å². The standard InChI is InChI=1S/C27H31Cl2N3O5S/c1-17(30-16-26(34)20-6-9-25(33)24(14-20)32-38(2,36)37)10-18-4-3-5-19(11-18)12-27(35)31-15-21-13-22(28)7-8-23(21)29/h3-9,11,13-14,17,26,30,32-34H,10,12,15-16H2,1-2H3,(H,31,35)/t17-,26+/m1/s1. The number of carbonyl (C=O) groups is 1. The Morgan fingerprint density at radius 2 is 1.76 bits per heavy atom. The van der Waals surface area contributed by atoms with Crippen molar-refractivity contribution in [3.8, 4) is 5.75 Å². The van der Waals surface area contributed by atoms with Crippen LogP contribution in [0.5, 0.6) is 5.75 Å². The van der Waals surface area contributed by atoms with Crippen molar-refractivity contribution >= 4 is 44.8 Å². The van der Waals surface area contributed by atoms with E-state index >= 15 is 0 Å². The predicted octanol–water partition coefficient (Wildman–Crippen LogP) is 4.18. The van der Waals surface area contributed by atoms with Gasteiger partial charge in [-0.3, -0.25) is 9.52 Å². The Balaban J connectivity index is 1.51. The average molecular weight is 581 g/mol. The molecule has 0 aliphatic heterocycles. The van der Waals surface area contributed by atoms with Gasteiger partial charge in [0.05, 0.1) is 24.5 Å². The van der Waals surface area contributed by atoms with E-state index in [0.717, 1.165) is 22.9 Å². The van der Waals surface area contributed by atoms with Crippen molar-refractivity contribution in [2.24, 2.45) is 0 Å². The van der Waals surface area contributed by atoms with Crippen molar-refractivity contribution in [2.75, 3.05) is 17.5 Å². The fourth-order valence-electron chi connectivity index (χ4n) is 3.89. The minimum Gasteiger partial charge on any atom is -0.506 e. The highest BCUT2D eigenvalue weighted by atomic mass is 35.5. The van der Waals surface area contributed by atoms with Crippen molar-refractivity contribution in [1.82, 2.24) is 10.6 Å². The highest BCUT2D eigenvalue weighted by molar-refractivity contribution is 7.92. The summed E-state index contributed by atoms with van der Waals surface area (Å²) in [4.78, 5) is 12.5. The molecule has 204 valence electrons. The molecule has 3 aromatic rings. The maximum Gasteiger partial charge on any atom is 0.229 e. The van der Waals surface area contributed by atoms with Crippen molar-refractivity contribution in [1.29, 1.82) is 0 Å². The van der Waals surface area contributed by atoms with Crippen LogP contribution < -0.4 is 15.4 Å². The van der Waals surface area contributed by atoms with Crippen LogP contribution in [0.1, 0.15) is 35.3 Å². The molecule has 1 amide bonds. The van der Waals surface area contributed by atoms with Crippen LogP contribution in [0.25, 0.3) is 0 Å². The van der Waals surface area contributed by atoms with Crippen molar-refractivity contribution in [2.45, 2.75) is 38.5 Å². The third-order valence-corrected chi connectivity index (χ3v) is 6.94.